The van der Waals surface area contributed by atoms with Crippen LogP contribution in [0, 0.1) is 16.4 Å². The van der Waals surface area contributed by atoms with E-state index in [0.717, 1.165) is 21.1 Å². The molecule has 2 rings (SSSR count). The second-order valence-electron chi connectivity index (χ2n) is 5.72. The third kappa shape index (κ3) is 3.61. The zero-order valence-electron chi connectivity index (χ0n) is 12.2. The summed E-state index contributed by atoms with van der Waals surface area (Å²) >= 11 is 2.31. The number of hydrogen-bond acceptors (Lipinski definition) is 1. The minimum Gasteiger partial charge on any atom is -0.384 e. The summed E-state index contributed by atoms with van der Waals surface area (Å²) in [5.41, 5.74) is 4.48. The molecule has 0 saturated heterocycles. The number of aliphatic hydroxyl groups is 1. The van der Waals surface area contributed by atoms with Gasteiger partial charge in [-0.2, -0.15) is 0 Å². The summed E-state index contributed by atoms with van der Waals surface area (Å²) in [6.07, 6.45) is 0.535. The van der Waals surface area contributed by atoms with Gasteiger partial charge >= 0.3 is 0 Å². The van der Waals surface area contributed by atoms with Gasteiger partial charge in [0.05, 0.1) is 0 Å². The van der Waals surface area contributed by atoms with Gasteiger partial charge in [0, 0.05) is 3.57 Å². The van der Waals surface area contributed by atoms with Gasteiger partial charge in [-0.1, -0.05) is 56.3 Å². The zero-order valence-corrected chi connectivity index (χ0v) is 14.4. The molecule has 2 heteroatoms. The average Bonchev–Trinajstić information content (AvgIpc) is 2.41. The fourth-order valence-electron chi connectivity index (χ4n) is 2.37. The molecule has 1 atom stereocenters. The first-order chi connectivity index (χ1) is 9.49. The van der Waals surface area contributed by atoms with Crippen LogP contribution in [0.1, 0.15) is 42.2 Å². The van der Waals surface area contributed by atoms with E-state index in [0.29, 0.717) is 5.92 Å². The zero-order chi connectivity index (χ0) is 14.7. The van der Waals surface area contributed by atoms with Gasteiger partial charge in [-0.3, -0.25) is 0 Å². The van der Waals surface area contributed by atoms with Crippen LogP contribution in [0.25, 0.3) is 0 Å². The van der Waals surface area contributed by atoms with E-state index in [9.17, 15) is 5.11 Å². The van der Waals surface area contributed by atoms with Crippen molar-refractivity contribution >= 4 is 22.6 Å². The highest BCUT2D eigenvalue weighted by Crippen LogP contribution is 2.28. The minimum absolute atomic E-state index is 0.546. The molecule has 106 valence electrons. The van der Waals surface area contributed by atoms with Crippen LogP contribution in [0.3, 0.4) is 0 Å². The van der Waals surface area contributed by atoms with Crippen molar-refractivity contribution in [2.75, 3.05) is 0 Å². The van der Waals surface area contributed by atoms with Crippen LogP contribution in [0.15, 0.2) is 42.5 Å². The lowest BCUT2D eigenvalue weighted by Crippen LogP contribution is -2.03. The molecule has 1 N–H and O–H groups in total. The Balaban J connectivity index is 2.25. The smallest absolute Gasteiger partial charge is 0.105 e. The standard InChI is InChI=1S/C18H21IO/c1-12(2)11-14-7-9-15(10-8-14)18(20)16-6-4-5-13(3)17(16)19/h4-10,12,18,20H,11H2,1-3H3. The van der Waals surface area contributed by atoms with E-state index in [-0.39, 0.29) is 0 Å². The molecule has 1 nitrogen and oxygen atoms in total. The van der Waals surface area contributed by atoms with E-state index in [4.69, 9.17) is 0 Å². The monoisotopic (exact) mass is 380 g/mol. The predicted molar refractivity (Wildman–Crippen MR) is 92.9 cm³/mol. The molecule has 0 aliphatic carbocycles. The van der Waals surface area contributed by atoms with E-state index in [2.05, 4.69) is 61.6 Å². The van der Waals surface area contributed by atoms with Crippen molar-refractivity contribution in [2.24, 2.45) is 5.92 Å². The van der Waals surface area contributed by atoms with Crippen LogP contribution in [-0.2, 0) is 6.42 Å². The third-order valence-corrected chi connectivity index (χ3v) is 4.93. The lowest BCUT2D eigenvalue weighted by Gasteiger charge is -2.15. The molecule has 0 aliphatic rings. The number of hydrogen-bond donors (Lipinski definition) is 1. The van der Waals surface area contributed by atoms with Gasteiger partial charge in [-0.25, -0.2) is 0 Å². The van der Waals surface area contributed by atoms with E-state index < -0.39 is 6.10 Å². The van der Waals surface area contributed by atoms with Gasteiger partial charge in [0.15, 0.2) is 0 Å². The fraction of sp³-hybridized carbons (Fsp3) is 0.333. The van der Waals surface area contributed by atoms with Crippen molar-refractivity contribution in [1.29, 1.82) is 0 Å². The number of aliphatic hydroxyl groups excluding tert-OH is 1. The van der Waals surface area contributed by atoms with E-state index in [1.165, 1.54) is 11.1 Å². The molecule has 0 aliphatic heterocycles. The summed E-state index contributed by atoms with van der Waals surface area (Å²) in [5, 5.41) is 10.6. The molecule has 2 aromatic carbocycles. The lowest BCUT2D eigenvalue weighted by atomic mass is 9.97. The van der Waals surface area contributed by atoms with Crippen molar-refractivity contribution in [2.45, 2.75) is 33.3 Å². The van der Waals surface area contributed by atoms with Gasteiger partial charge in [-0.05, 0) is 64.1 Å². The van der Waals surface area contributed by atoms with Gasteiger partial charge in [0.25, 0.3) is 0 Å². The largest absolute Gasteiger partial charge is 0.384 e. The average molecular weight is 380 g/mol. The first-order valence-electron chi connectivity index (χ1n) is 7.01. The molecule has 2 aromatic rings. The maximum Gasteiger partial charge on any atom is 0.105 e. The van der Waals surface area contributed by atoms with Crippen LogP contribution < -0.4 is 0 Å². The summed E-state index contributed by atoms with van der Waals surface area (Å²) in [5.74, 6) is 0.656. The molecular formula is C18H21IO. The van der Waals surface area contributed by atoms with Gasteiger partial charge in [0.1, 0.15) is 6.10 Å². The molecule has 0 heterocycles. The quantitative estimate of drug-likeness (QED) is 0.750. The molecule has 0 bridgehead atoms. The summed E-state index contributed by atoms with van der Waals surface area (Å²) in [7, 11) is 0. The highest BCUT2D eigenvalue weighted by atomic mass is 127. The Morgan fingerprint density at radius 1 is 1.05 bits per heavy atom. The predicted octanol–water partition coefficient (Wildman–Crippen LogP) is 4.88. The van der Waals surface area contributed by atoms with E-state index in [1.807, 2.05) is 24.3 Å². The van der Waals surface area contributed by atoms with Crippen molar-refractivity contribution in [1.82, 2.24) is 0 Å². The first-order valence-corrected chi connectivity index (χ1v) is 8.09. The second kappa shape index (κ2) is 6.72. The Bertz CT molecular complexity index is 572. The number of benzene rings is 2. The molecule has 0 amide bonds. The number of rotatable bonds is 4. The van der Waals surface area contributed by atoms with Gasteiger partial charge < -0.3 is 5.11 Å². The maximum absolute atomic E-state index is 10.6. The molecule has 0 radical (unpaired) electrons. The Kier molecular flexibility index (Phi) is 5.22. The molecule has 20 heavy (non-hydrogen) atoms. The van der Waals surface area contributed by atoms with Gasteiger partial charge in [0.2, 0.25) is 0 Å². The Labute approximate surface area is 135 Å². The molecule has 0 fully saturated rings. The van der Waals surface area contributed by atoms with E-state index >= 15 is 0 Å². The number of halogens is 1. The maximum atomic E-state index is 10.6. The highest BCUT2D eigenvalue weighted by Gasteiger charge is 2.14. The second-order valence-corrected chi connectivity index (χ2v) is 6.80. The molecule has 0 saturated carbocycles. The summed E-state index contributed by atoms with van der Waals surface area (Å²) < 4.78 is 1.14. The van der Waals surface area contributed by atoms with Crippen LogP contribution in [0.5, 0.6) is 0 Å². The summed E-state index contributed by atoms with van der Waals surface area (Å²) in [6.45, 7) is 6.51. The van der Waals surface area contributed by atoms with Gasteiger partial charge in [-0.15, -0.1) is 0 Å². The molecular weight excluding hydrogens is 359 g/mol. The minimum atomic E-state index is -0.546. The Morgan fingerprint density at radius 2 is 1.70 bits per heavy atom. The topological polar surface area (TPSA) is 20.2 Å². The summed E-state index contributed by atoms with van der Waals surface area (Å²) in [4.78, 5) is 0. The summed E-state index contributed by atoms with van der Waals surface area (Å²) in [6, 6.07) is 14.4. The fourth-order valence-corrected chi connectivity index (χ4v) is 3.02. The lowest BCUT2D eigenvalue weighted by molar-refractivity contribution is 0.219. The van der Waals surface area contributed by atoms with Crippen molar-refractivity contribution in [3.8, 4) is 0 Å². The van der Waals surface area contributed by atoms with Crippen molar-refractivity contribution in [3.05, 3.63) is 68.3 Å². The molecule has 1 unspecified atom stereocenters. The van der Waals surface area contributed by atoms with Crippen molar-refractivity contribution in [3.63, 3.8) is 0 Å². The Morgan fingerprint density at radius 3 is 2.30 bits per heavy atom. The SMILES string of the molecule is Cc1cccc(C(O)c2ccc(CC(C)C)cc2)c1I. The van der Waals surface area contributed by atoms with Crippen molar-refractivity contribution < 1.29 is 5.11 Å². The van der Waals surface area contributed by atoms with Crippen LogP contribution in [0.2, 0.25) is 0 Å². The number of aryl methyl sites for hydroxylation is 1. The van der Waals surface area contributed by atoms with Crippen LogP contribution in [0.4, 0.5) is 0 Å². The van der Waals surface area contributed by atoms with E-state index in [1.54, 1.807) is 0 Å². The highest BCUT2D eigenvalue weighted by molar-refractivity contribution is 14.1. The first kappa shape index (κ1) is 15.5. The van der Waals surface area contributed by atoms with Crippen LogP contribution >= 0.6 is 22.6 Å². The van der Waals surface area contributed by atoms with Crippen LogP contribution in [-0.4, -0.2) is 5.11 Å². The Hall–Kier alpha value is -0.870. The molecule has 0 aromatic heterocycles. The normalized spacial score (nSPS) is 12.7. The third-order valence-electron chi connectivity index (χ3n) is 3.46. The molecule has 0 spiro atoms.